The summed E-state index contributed by atoms with van der Waals surface area (Å²) in [7, 11) is 3.81. The molecule has 1 aromatic rings. The molecule has 1 N–H and O–H groups in total. The first-order valence-corrected chi connectivity index (χ1v) is 6.77. The predicted octanol–water partition coefficient (Wildman–Crippen LogP) is 3.13. The summed E-state index contributed by atoms with van der Waals surface area (Å²) >= 11 is 0. The zero-order valence-electron chi connectivity index (χ0n) is 11.3. The van der Waals surface area contributed by atoms with Crippen LogP contribution in [0.15, 0.2) is 24.3 Å². The Labute approximate surface area is 109 Å². The molecule has 0 heterocycles. The first-order chi connectivity index (χ1) is 8.72. The van der Waals surface area contributed by atoms with Crippen molar-refractivity contribution in [2.45, 2.75) is 38.1 Å². The zero-order valence-corrected chi connectivity index (χ0v) is 11.3. The van der Waals surface area contributed by atoms with Gasteiger partial charge in [0.05, 0.1) is 0 Å². The number of hydrogen-bond acceptors (Lipinski definition) is 2. The number of carbonyl (C=O) groups is 1. The van der Waals surface area contributed by atoms with Crippen LogP contribution in [0.2, 0.25) is 0 Å². The van der Waals surface area contributed by atoms with Gasteiger partial charge in [-0.15, -0.1) is 0 Å². The fourth-order valence-electron chi connectivity index (χ4n) is 2.62. The number of amides is 1. The van der Waals surface area contributed by atoms with Crippen molar-refractivity contribution in [1.29, 1.82) is 0 Å². The Morgan fingerprint density at radius 2 is 1.78 bits per heavy atom. The Hall–Kier alpha value is -1.51. The van der Waals surface area contributed by atoms with Gasteiger partial charge < -0.3 is 10.2 Å². The van der Waals surface area contributed by atoms with Gasteiger partial charge in [0, 0.05) is 31.4 Å². The molecule has 3 heteroatoms. The summed E-state index contributed by atoms with van der Waals surface area (Å²) in [5, 5.41) is 3.06. The lowest BCUT2D eigenvalue weighted by Gasteiger charge is -2.31. The number of nitrogens with zero attached hydrogens (tertiary/aromatic N) is 1. The third-order valence-electron chi connectivity index (χ3n) is 3.86. The van der Waals surface area contributed by atoms with Gasteiger partial charge in [0.15, 0.2) is 0 Å². The molecular formula is C15H22N2O. The molecule has 0 unspecified atom stereocenters. The van der Waals surface area contributed by atoms with Crippen LogP contribution in [0.5, 0.6) is 0 Å². The molecule has 0 radical (unpaired) electrons. The minimum Gasteiger partial charge on any atom is -0.388 e. The van der Waals surface area contributed by atoms with Gasteiger partial charge in [-0.05, 0) is 37.1 Å². The van der Waals surface area contributed by atoms with Crippen LogP contribution < -0.4 is 5.32 Å². The van der Waals surface area contributed by atoms with E-state index in [1.54, 1.807) is 0 Å². The van der Waals surface area contributed by atoms with Crippen molar-refractivity contribution in [2.24, 2.45) is 0 Å². The molecule has 2 rings (SSSR count). The molecule has 98 valence electrons. The Kier molecular flexibility index (Phi) is 4.24. The summed E-state index contributed by atoms with van der Waals surface area (Å²) in [6.45, 7) is 0. The molecule has 1 aliphatic rings. The van der Waals surface area contributed by atoms with Gasteiger partial charge >= 0.3 is 0 Å². The Morgan fingerprint density at radius 1 is 1.17 bits per heavy atom. The smallest absolute Gasteiger partial charge is 0.253 e. The van der Waals surface area contributed by atoms with E-state index in [0.29, 0.717) is 6.04 Å². The van der Waals surface area contributed by atoms with E-state index in [0.717, 1.165) is 24.1 Å². The van der Waals surface area contributed by atoms with Crippen LogP contribution in [0.4, 0.5) is 5.69 Å². The highest BCUT2D eigenvalue weighted by Gasteiger charge is 2.22. The lowest BCUT2D eigenvalue weighted by Crippen LogP contribution is -2.38. The van der Waals surface area contributed by atoms with Crippen LogP contribution in [0, 0.1) is 0 Å². The van der Waals surface area contributed by atoms with E-state index in [1.807, 2.05) is 43.3 Å². The normalized spacial score (nSPS) is 16.3. The molecule has 0 saturated heterocycles. The predicted molar refractivity (Wildman–Crippen MR) is 75.0 cm³/mol. The van der Waals surface area contributed by atoms with Crippen molar-refractivity contribution in [1.82, 2.24) is 4.90 Å². The molecule has 1 aliphatic carbocycles. The molecule has 0 atom stereocenters. The monoisotopic (exact) mass is 246 g/mol. The summed E-state index contributed by atoms with van der Waals surface area (Å²) in [5.41, 5.74) is 1.81. The van der Waals surface area contributed by atoms with Crippen molar-refractivity contribution in [3.63, 3.8) is 0 Å². The Balaban J connectivity index is 2.04. The van der Waals surface area contributed by atoms with E-state index >= 15 is 0 Å². The SMILES string of the molecule is CNc1ccc(C(=O)N(C)C2CCCCC2)cc1. The van der Waals surface area contributed by atoms with Gasteiger partial charge in [-0.2, -0.15) is 0 Å². The molecule has 18 heavy (non-hydrogen) atoms. The summed E-state index contributed by atoms with van der Waals surface area (Å²) in [5.74, 6) is 0.143. The highest BCUT2D eigenvalue weighted by atomic mass is 16.2. The van der Waals surface area contributed by atoms with Crippen molar-refractivity contribution >= 4 is 11.6 Å². The topological polar surface area (TPSA) is 32.3 Å². The van der Waals surface area contributed by atoms with E-state index in [4.69, 9.17) is 0 Å². The molecule has 1 aromatic carbocycles. The molecule has 0 aliphatic heterocycles. The molecule has 3 nitrogen and oxygen atoms in total. The molecular weight excluding hydrogens is 224 g/mol. The van der Waals surface area contributed by atoms with Crippen molar-refractivity contribution in [3.05, 3.63) is 29.8 Å². The molecule has 1 fully saturated rings. The third kappa shape index (κ3) is 2.84. The fraction of sp³-hybridized carbons (Fsp3) is 0.533. The van der Waals surface area contributed by atoms with Gasteiger partial charge in [-0.3, -0.25) is 4.79 Å². The van der Waals surface area contributed by atoms with Gasteiger partial charge in [-0.25, -0.2) is 0 Å². The summed E-state index contributed by atoms with van der Waals surface area (Å²) in [6.07, 6.45) is 6.12. The van der Waals surface area contributed by atoms with Crippen LogP contribution >= 0.6 is 0 Å². The number of hydrogen-bond donors (Lipinski definition) is 1. The third-order valence-corrected chi connectivity index (χ3v) is 3.86. The number of rotatable bonds is 3. The highest BCUT2D eigenvalue weighted by Crippen LogP contribution is 2.23. The Morgan fingerprint density at radius 3 is 2.33 bits per heavy atom. The molecule has 0 bridgehead atoms. The standard InChI is InChI=1S/C15H22N2O/c1-16-13-10-8-12(9-11-13)15(18)17(2)14-6-4-3-5-7-14/h8-11,14,16H,3-7H2,1-2H3. The number of benzene rings is 1. The largest absolute Gasteiger partial charge is 0.388 e. The summed E-state index contributed by atoms with van der Waals surface area (Å²) < 4.78 is 0. The first kappa shape index (κ1) is 12.9. The van der Waals surface area contributed by atoms with Gasteiger partial charge in [0.1, 0.15) is 0 Å². The molecule has 0 aromatic heterocycles. The van der Waals surface area contributed by atoms with Gasteiger partial charge in [0.2, 0.25) is 0 Å². The van der Waals surface area contributed by atoms with E-state index < -0.39 is 0 Å². The second kappa shape index (κ2) is 5.89. The maximum Gasteiger partial charge on any atom is 0.253 e. The lowest BCUT2D eigenvalue weighted by atomic mass is 9.94. The maximum absolute atomic E-state index is 12.3. The van der Waals surface area contributed by atoms with Crippen LogP contribution in [0.25, 0.3) is 0 Å². The molecule has 0 spiro atoms. The van der Waals surface area contributed by atoms with Crippen LogP contribution in [-0.2, 0) is 0 Å². The fourth-order valence-corrected chi connectivity index (χ4v) is 2.62. The summed E-state index contributed by atoms with van der Waals surface area (Å²) in [4.78, 5) is 14.3. The average Bonchev–Trinajstić information content (AvgIpc) is 2.47. The van der Waals surface area contributed by atoms with E-state index in [-0.39, 0.29) is 5.91 Å². The van der Waals surface area contributed by atoms with Crippen molar-refractivity contribution in [3.8, 4) is 0 Å². The second-order valence-electron chi connectivity index (χ2n) is 5.04. The minimum atomic E-state index is 0.143. The van der Waals surface area contributed by atoms with Crippen molar-refractivity contribution < 1.29 is 4.79 Å². The van der Waals surface area contributed by atoms with E-state index in [9.17, 15) is 4.79 Å². The van der Waals surface area contributed by atoms with E-state index in [2.05, 4.69) is 5.32 Å². The van der Waals surface area contributed by atoms with Crippen molar-refractivity contribution in [2.75, 3.05) is 19.4 Å². The first-order valence-electron chi connectivity index (χ1n) is 6.77. The average molecular weight is 246 g/mol. The van der Waals surface area contributed by atoms with Crippen LogP contribution in [0.1, 0.15) is 42.5 Å². The second-order valence-corrected chi connectivity index (χ2v) is 5.04. The van der Waals surface area contributed by atoms with Gasteiger partial charge in [0.25, 0.3) is 5.91 Å². The lowest BCUT2D eigenvalue weighted by molar-refractivity contribution is 0.0696. The Bertz CT molecular complexity index is 393. The number of nitrogens with one attached hydrogen (secondary N) is 1. The molecule has 1 amide bonds. The molecule has 1 saturated carbocycles. The van der Waals surface area contributed by atoms with Crippen LogP contribution in [0.3, 0.4) is 0 Å². The number of carbonyl (C=O) groups excluding carboxylic acids is 1. The summed E-state index contributed by atoms with van der Waals surface area (Å²) in [6, 6.07) is 8.11. The number of anilines is 1. The van der Waals surface area contributed by atoms with Gasteiger partial charge in [-0.1, -0.05) is 19.3 Å². The van der Waals surface area contributed by atoms with E-state index in [1.165, 1.54) is 19.3 Å². The quantitative estimate of drug-likeness (QED) is 0.888. The maximum atomic E-state index is 12.3. The zero-order chi connectivity index (χ0) is 13.0. The minimum absolute atomic E-state index is 0.143. The highest BCUT2D eigenvalue weighted by molar-refractivity contribution is 5.94. The van der Waals surface area contributed by atoms with Crippen LogP contribution in [-0.4, -0.2) is 30.9 Å².